The van der Waals surface area contributed by atoms with E-state index < -0.39 is 0 Å². The summed E-state index contributed by atoms with van der Waals surface area (Å²) in [6.45, 7) is 1.80. The number of carbonyl (C=O) groups excluding carboxylic acids is 2. The molecule has 2 atom stereocenters. The van der Waals surface area contributed by atoms with Crippen molar-refractivity contribution >= 4 is 11.7 Å². The maximum atomic E-state index is 11.9. The van der Waals surface area contributed by atoms with E-state index in [1.165, 1.54) is 6.92 Å². The highest BCUT2D eigenvalue weighted by Gasteiger charge is 2.36. The van der Waals surface area contributed by atoms with Crippen molar-refractivity contribution in [1.82, 2.24) is 4.90 Å². The molecule has 0 aliphatic carbocycles. The summed E-state index contributed by atoms with van der Waals surface area (Å²) in [5.41, 5.74) is 0.901. The molecule has 1 aliphatic rings. The van der Waals surface area contributed by atoms with Gasteiger partial charge in [-0.15, -0.1) is 0 Å². The van der Waals surface area contributed by atoms with Gasteiger partial charge in [0.2, 0.25) is 5.91 Å². The smallest absolute Gasteiger partial charge is 0.223 e. The molecule has 4 nitrogen and oxygen atoms in total. The largest absolute Gasteiger partial charge is 0.394 e. The Morgan fingerprint density at radius 3 is 2.61 bits per heavy atom. The third kappa shape index (κ3) is 2.43. The zero-order valence-electron chi connectivity index (χ0n) is 10.4. The fourth-order valence-corrected chi connectivity index (χ4v) is 2.36. The van der Waals surface area contributed by atoms with Crippen LogP contribution in [0.3, 0.4) is 0 Å². The average Bonchev–Trinajstić information content (AvgIpc) is 2.74. The molecule has 0 spiro atoms. The number of hydrogen-bond donors (Lipinski definition) is 1. The third-order valence-corrected chi connectivity index (χ3v) is 3.47. The highest BCUT2D eigenvalue weighted by molar-refractivity contribution is 5.89. The lowest BCUT2D eigenvalue weighted by Gasteiger charge is -2.26. The first kappa shape index (κ1) is 12.8. The fourth-order valence-electron chi connectivity index (χ4n) is 2.36. The lowest BCUT2D eigenvalue weighted by molar-refractivity contribution is -0.130. The number of amides is 1. The molecule has 0 saturated carbocycles. The number of nitrogens with zero attached hydrogens (tertiary/aromatic N) is 1. The SMILES string of the molecule is CC(=O)[C@H]1CC(=O)N([C@@H](CO)c2ccccc2)C1. The summed E-state index contributed by atoms with van der Waals surface area (Å²) in [6, 6.07) is 9.07. The Bertz CT molecular complexity index is 444. The topological polar surface area (TPSA) is 57.6 Å². The summed E-state index contributed by atoms with van der Waals surface area (Å²) >= 11 is 0. The van der Waals surface area contributed by atoms with Gasteiger partial charge in [0.05, 0.1) is 12.6 Å². The maximum absolute atomic E-state index is 11.9. The Hall–Kier alpha value is -1.68. The number of Topliss-reactive ketones (excluding diaryl/α,β-unsaturated/α-hetero) is 1. The van der Waals surface area contributed by atoms with Crippen LogP contribution in [0.15, 0.2) is 30.3 Å². The van der Waals surface area contributed by atoms with Crippen molar-refractivity contribution in [3.63, 3.8) is 0 Å². The van der Waals surface area contributed by atoms with Crippen LogP contribution in [0.5, 0.6) is 0 Å². The predicted octanol–water partition coefficient (Wildman–Crippen LogP) is 1.16. The maximum Gasteiger partial charge on any atom is 0.223 e. The van der Waals surface area contributed by atoms with Crippen LogP contribution in [0, 0.1) is 5.92 Å². The molecule has 1 saturated heterocycles. The molecule has 0 radical (unpaired) electrons. The van der Waals surface area contributed by atoms with Crippen LogP contribution in [-0.2, 0) is 9.59 Å². The minimum Gasteiger partial charge on any atom is -0.394 e. The highest BCUT2D eigenvalue weighted by Crippen LogP contribution is 2.28. The molecule has 96 valence electrons. The van der Waals surface area contributed by atoms with Gasteiger partial charge in [0.15, 0.2) is 0 Å². The summed E-state index contributed by atoms with van der Waals surface area (Å²) in [5, 5.41) is 9.50. The first-order valence-electron chi connectivity index (χ1n) is 6.09. The molecule has 1 aromatic rings. The van der Waals surface area contributed by atoms with Gasteiger partial charge < -0.3 is 10.0 Å². The van der Waals surface area contributed by atoms with E-state index in [9.17, 15) is 14.7 Å². The van der Waals surface area contributed by atoms with Crippen molar-refractivity contribution in [1.29, 1.82) is 0 Å². The van der Waals surface area contributed by atoms with Gasteiger partial charge in [0, 0.05) is 18.9 Å². The lowest BCUT2D eigenvalue weighted by Crippen LogP contribution is -2.33. The van der Waals surface area contributed by atoms with Crippen LogP contribution in [0.1, 0.15) is 24.9 Å². The van der Waals surface area contributed by atoms with E-state index >= 15 is 0 Å². The Kier molecular flexibility index (Phi) is 3.77. The Balaban J connectivity index is 2.19. The van der Waals surface area contributed by atoms with Crippen LogP contribution in [0.25, 0.3) is 0 Å². The Morgan fingerprint density at radius 2 is 2.11 bits per heavy atom. The molecule has 2 rings (SSSR count). The number of aliphatic hydroxyl groups excluding tert-OH is 1. The van der Waals surface area contributed by atoms with Gasteiger partial charge in [-0.2, -0.15) is 0 Å². The van der Waals surface area contributed by atoms with Gasteiger partial charge in [-0.25, -0.2) is 0 Å². The van der Waals surface area contributed by atoms with Gasteiger partial charge in [-0.05, 0) is 12.5 Å². The molecule has 1 amide bonds. The van der Waals surface area contributed by atoms with Crippen molar-refractivity contribution in [3.05, 3.63) is 35.9 Å². The van der Waals surface area contributed by atoms with E-state index in [0.717, 1.165) is 5.56 Å². The van der Waals surface area contributed by atoms with Gasteiger partial charge in [-0.3, -0.25) is 9.59 Å². The van der Waals surface area contributed by atoms with Crippen LogP contribution >= 0.6 is 0 Å². The second-order valence-electron chi connectivity index (χ2n) is 4.67. The molecule has 0 unspecified atom stereocenters. The quantitative estimate of drug-likeness (QED) is 0.868. The molecule has 1 aliphatic heterocycles. The Labute approximate surface area is 106 Å². The fraction of sp³-hybridized carbons (Fsp3) is 0.429. The zero-order valence-corrected chi connectivity index (χ0v) is 10.4. The summed E-state index contributed by atoms with van der Waals surface area (Å²) < 4.78 is 0. The van der Waals surface area contributed by atoms with E-state index in [-0.39, 0.29) is 36.7 Å². The first-order chi connectivity index (χ1) is 8.63. The van der Waals surface area contributed by atoms with E-state index in [4.69, 9.17) is 0 Å². The van der Waals surface area contributed by atoms with E-state index in [2.05, 4.69) is 0 Å². The van der Waals surface area contributed by atoms with Crippen molar-refractivity contribution in [2.45, 2.75) is 19.4 Å². The minimum absolute atomic E-state index is 0.0376. The Morgan fingerprint density at radius 1 is 1.44 bits per heavy atom. The van der Waals surface area contributed by atoms with Crippen molar-refractivity contribution in [2.24, 2.45) is 5.92 Å². The van der Waals surface area contributed by atoms with Gasteiger partial charge in [-0.1, -0.05) is 30.3 Å². The predicted molar refractivity (Wildman–Crippen MR) is 66.8 cm³/mol. The van der Waals surface area contributed by atoms with E-state index in [1.54, 1.807) is 4.90 Å². The molecular formula is C14H17NO3. The van der Waals surface area contributed by atoms with Gasteiger partial charge in [0.1, 0.15) is 5.78 Å². The number of rotatable bonds is 4. The number of carbonyl (C=O) groups is 2. The third-order valence-electron chi connectivity index (χ3n) is 3.47. The van der Waals surface area contributed by atoms with Crippen LogP contribution in [-0.4, -0.2) is 34.8 Å². The lowest BCUT2D eigenvalue weighted by atomic mass is 10.0. The molecule has 1 heterocycles. The normalized spacial score (nSPS) is 21.1. The van der Waals surface area contributed by atoms with Gasteiger partial charge >= 0.3 is 0 Å². The summed E-state index contributed by atoms with van der Waals surface area (Å²) in [4.78, 5) is 24.9. The molecule has 1 fully saturated rings. The van der Waals surface area contributed by atoms with E-state index in [1.807, 2.05) is 30.3 Å². The number of likely N-dealkylation sites (tertiary alicyclic amines) is 1. The molecule has 4 heteroatoms. The highest BCUT2D eigenvalue weighted by atomic mass is 16.3. The second-order valence-corrected chi connectivity index (χ2v) is 4.67. The van der Waals surface area contributed by atoms with Crippen molar-refractivity contribution in [2.75, 3.05) is 13.2 Å². The van der Waals surface area contributed by atoms with Gasteiger partial charge in [0.25, 0.3) is 0 Å². The molecule has 0 aromatic heterocycles. The number of benzene rings is 1. The second kappa shape index (κ2) is 5.31. The molecule has 0 bridgehead atoms. The zero-order chi connectivity index (χ0) is 13.1. The average molecular weight is 247 g/mol. The summed E-state index contributed by atoms with van der Waals surface area (Å²) in [5.74, 6) is -0.246. The molecule has 1 N–H and O–H groups in total. The van der Waals surface area contributed by atoms with Crippen molar-refractivity contribution in [3.8, 4) is 0 Å². The standard InChI is InChI=1S/C14H17NO3/c1-10(17)12-7-14(18)15(8-12)13(9-16)11-5-3-2-4-6-11/h2-6,12-13,16H,7-9H2,1H3/t12-,13-/m0/s1. The monoisotopic (exact) mass is 247 g/mol. The number of ketones is 1. The van der Waals surface area contributed by atoms with E-state index in [0.29, 0.717) is 6.54 Å². The molecule has 1 aromatic carbocycles. The van der Waals surface area contributed by atoms with Crippen molar-refractivity contribution < 1.29 is 14.7 Å². The molecular weight excluding hydrogens is 230 g/mol. The van der Waals surface area contributed by atoms with Crippen LogP contribution in [0.4, 0.5) is 0 Å². The first-order valence-corrected chi connectivity index (χ1v) is 6.09. The number of hydrogen-bond acceptors (Lipinski definition) is 3. The summed E-state index contributed by atoms with van der Waals surface area (Å²) in [7, 11) is 0. The van der Waals surface area contributed by atoms with Crippen LogP contribution in [0.2, 0.25) is 0 Å². The van der Waals surface area contributed by atoms with Crippen LogP contribution < -0.4 is 0 Å². The number of aliphatic hydroxyl groups is 1. The summed E-state index contributed by atoms with van der Waals surface area (Å²) in [6.07, 6.45) is 0.263. The minimum atomic E-state index is -0.344. The molecule has 18 heavy (non-hydrogen) atoms.